The summed E-state index contributed by atoms with van der Waals surface area (Å²) >= 11 is 0. The molecule has 2 aromatic carbocycles. The fourth-order valence-electron chi connectivity index (χ4n) is 4.92. The van der Waals surface area contributed by atoms with Crippen LogP contribution in [0.5, 0.6) is 0 Å². The SMILES string of the molecule is Cc1cc(F)ccc1CNc1cc(C(=O)N2CCNCC2)cc2c(C)c(C)n(CC3CC3)c12. The molecule has 2 aliphatic rings. The maximum absolute atomic E-state index is 13.6. The van der Waals surface area contributed by atoms with Crippen LogP contribution in [-0.4, -0.2) is 41.6 Å². The molecule has 0 unspecified atom stereocenters. The van der Waals surface area contributed by atoms with Crippen molar-refractivity contribution in [2.45, 2.75) is 46.7 Å². The lowest BCUT2D eigenvalue weighted by Crippen LogP contribution is -2.46. The molecule has 6 heteroatoms. The third-order valence-electron chi connectivity index (χ3n) is 7.29. The van der Waals surface area contributed by atoms with Crippen LogP contribution < -0.4 is 10.6 Å². The standard InChI is InChI=1S/C27H33FN4O/c1-17-12-23(28)7-6-21(17)15-30-25-14-22(27(33)31-10-8-29-9-11-31)13-24-18(2)19(3)32(26(24)25)16-20-4-5-20/h6-7,12-14,20,29-30H,4-5,8-11,15-16H2,1-3H3. The molecular weight excluding hydrogens is 415 g/mol. The minimum Gasteiger partial charge on any atom is -0.379 e. The van der Waals surface area contributed by atoms with Gasteiger partial charge in [-0.25, -0.2) is 4.39 Å². The monoisotopic (exact) mass is 448 g/mol. The van der Waals surface area contributed by atoms with E-state index in [1.807, 2.05) is 24.0 Å². The molecule has 0 spiro atoms. The van der Waals surface area contributed by atoms with Crippen LogP contribution in [0.1, 0.15) is 45.6 Å². The van der Waals surface area contributed by atoms with Crippen LogP contribution in [0.2, 0.25) is 0 Å². The highest BCUT2D eigenvalue weighted by Gasteiger charge is 2.26. The van der Waals surface area contributed by atoms with E-state index in [4.69, 9.17) is 0 Å². The molecule has 1 saturated carbocycles. The van der Waals surface area contributed by atoms with Gasteiger partial charge in [-0.2, -0.15) is 0 Å². The van der Waals surface area contributed by atoms with Gasteiger partial charge in [-0.15, -0.1) is 0 Å². The van der Waals surface area contributed by atoms with Crippen molar-refractivity contribution in [2.75, 3.05) is 31.5 Å². The van der Waals surface area contributed by atoms with E-state index in [-0.39, 0.29) is 11.7 Å². The highest BCUT2D eigenvalue weighted by atomic mass is 19.1. The lowest BCUT2D eigenvalue weighted by Gasteiger charge is -2.27. The summed E-state index contributed by atoms with van der Waals surface area (Å²) in [4.78, 5) is 15.3. The lowest BCUT2D eigenvalue weighted by atomic mass is 10.0. The normalized spacial score (nSPS) is 16.4. The number of piperazine rings is 1. The van der Waals surface area contributed by atoms with Crippen molar-refractivity contribution in [2.24, 2.45) is 5.92 Å². The number of hydrogen-bond donors (Lipinski definition) is 2. The number of aryl methyl sites for hydroxylation is 2. The molecular formula is C27H33FN4O. The Labute approximate surface area is 195 Å². The van der Waals surface area contributed by atoms with Crippen molar-refractivity contribution in [1.82, 2.24) is 14.8 Å². The third kappa shape index (κ3) is 4.36. The number of carbonyl (C=O) groups excluding carboxylic acids is 1. The van der Waals surface area contributed by atoms with Crippen molar-refractivity contribution < 1.29 is 9.18 Å². The van der Waals surface area contributed by atoms with E-state index >= 15 is 0 Å². The van der Waals surface area contributed by atoms with Gasteiger partial charge < -0.3 is 20.1 Å². The highest BCUT2D eigenvalue weighted by molar-refractivity contribution is 6.04. The predicted molar refractivity (Wildman–Crippen MR) is 131 cm³/mol. The van der Waals surface area contributed by atoms with E-state index in [2.05, 4.69) is 35.1 Å². The summed E-state index contributed by atoms with van der Waals surface area (Å²) in [6, 6.07) is 9.02. The van der Waals surface area contributed by atoms with E-state index in [9.17, 15) is 9.18 Å². The molecule has 33 heavy (non-hydrogen) atoms. The van der Waals surface area contributed by atoms with Gasteiger partial charge in [0.25, 0.3) is 5.91 Å². The number of aromatic nitrogens is 1. The Bertz CT molecular complexity index is 1200. The Morgan fingerprint density at radius 3 is 2.58 bits per heavy atom. The van der Waals surface area contributed by atoms with Crippen LogP contribution >= 0.6 is 0 Å². The summed E-state index contributed by atoms with van der Waals surface area (Å²) in [5.74, 6) is 0.617. The molecule has 0 radical (unpaired) electrons. The average molecular weight is 449 g/mol. The van der Waals surface area contributed by atoms with Gasteiger partial charge in [-0.05, 0) is 80.5 Å². The summed E-state index contributed by atoms with van der Waals surface area (Å²) in [5.41, 5.74) is 7.37. The molecule has 174 valence electrons. The van der Waals surface area contributed by atoms with Crippen molar-refractivity contribution >= 4 is 22.5 Å². The number of rotatable bonds is 6. The summed E-state index contributed by atoms with van der Waals surface area (Å²) in [6.45, 7) is 11.0. The second kappa shape index (κ2) is 8.82. The zero-order chi connectivity index (χ0) is 23.1. The molecule has 0 atom stereocenters. The smallest absolute Gasteiger partial charge is 0.254 e. The van der Waals surface area contributed by atoms with Crippen molar-refractivity contribution in [1.29, 1.82) is 0 Å². The van der Waals surface area contributed by atoms with Gasteiger partial charge in [0.1, 0.15) is 5.82 Å². The van der Waals surface area contributed by atoms with E-state index in [1.54, 1.807) is 6.07 Å². The summed E-state index contributed by atoms with van der Waals surface area (Å²) in [6.07, 6.45) is 2.57. The molecule has 1 aliphatic heterocycles. The summed E-state index contributed by atoms with van der Waals surface area (Å²) < 4.78 is 16.0. The van der Waals surface area contributed by atoms with E-state index in [1.165, 1.54) is 35.7 Å². The number of hydrogen-bond acceptors (Lipinski definition) is 3. The third-order valence-corrected chi connectivity index (χ3v) is 7.29. The number of nitrogens with one attached hydrogen (secondary N) is 2. The maximum Gasteiger partial charge on any atom is 0.254 e. The molecule has 1 saturated heterocycles. The number of fused-ring (bicyclic) bond motifs is 1. The van der Waals surface area contributed by atoms with Crippen LogP contribution in [0, 0.1) is 32.5 Å². The first-order valence-corrected chi connectivity index (χ1v) is 12.0. The fraction of sp³-hybridized carbons (Fsp3) is 0.444. The van der Waals surface area contributed by atoms with E-state index in [0.717, 1.165) is 66.4 Å². The topological polar surface area (TPSA) is 49.3 Å². The Kier molecular flexibility index (Phi) is 5.87. The van der Waals surface area contributed by atoms with Gasteiger partial charge in [0.05, 0.1) is 11.2 Å². The van der Waals surface area contributed by atoms with E-state index in [0.29, 0.717) is 6.54 Å². The molecule has 2 fully saturated rings. The first-order chi connectivity index (χ1) is 15.9. The van der Waals surface area contributed by atoms with E-state index < -0.39 is 0 Å². The molecule has 2 heterocycles. The Morgan fingerprint density at radius 2 is 1.88 bits per heavy atom. The molecule has 3 aromatic rings. The van der Waals surface area contributed by atoms with Crippen LogP contribution in [0.25, 0.3) is 10.9 Å². The number of benzene rings is 2. The number of nitrogens with zero attached hydrogens (tertiary/aromatic N) is 2. The number of anilines is 1. The van der Waals surface area contributed by atoms with Gasteiger partial charge in [0.2, 0.25) is 0 Å². The van der Waals surface area contributed by atoms with Gasteiger partial charge in [0, 0.05) is 55.9 Å². The van der Waals surface area contributed by atoms with Crippen molar-refractivity contribution in [3.8, 4) is 0 Å². The van der Waals surface area contributed by atoms with Crippen molar-refractivity contribution in [3.05, 3.63) is 64.1 Å². The van der Waals surface area contributed by atoms with Crippen LogP contribution in [0.4, 0.5) is 10.1 Å². The lowest BCUT2D eigenvalue weighted by molar-refractivity contribution is 0.0736. The highest BCUT2D eigenvalue weighted by Crippen LogP contribution is 2.38. The summed E-state index contributed by atoms with van der Waals surface area (Å²) in [5, 5.41) is 8.07. The fourth-order valence-corrected chi connectivity index (χ4v) is 4.92. The van der Waals surface area contributed by atoms with Gasteiger partial charge in [-0.1, -0.05) is 6.07 Å². The zero-order valence-corrected chi connectivity index (χ0v) is 19.8. The Balaban J connectivity index is 1.56. The number of amides is 1. The Hall–Kier alpha value is -2.86. The molecule has 0 bridgehead atoms. The van der Waals surface area contributed by atoms with Crippen LogP contribution in [0.3, 0.4) is 0 Å². The molecule has 5 nitrogen and oxygen atoms in total. The van der Waals surface area contributed by atoms with Gasteiger partial charge >= 0.3 is 0 Å². The zero-order valence-electron chi connectivity index (χ0n) is 19.8. The Morgan fingerprint density at radius 1 is 1.12 bits per heavy atom. The van der Waals surface area contributed by atoms with Crippen LogP contribution in [0.15, 0.2) is 30.3 Å². The molecule has 1 aliphatic carbocycles. The molecule has 5 rings (SSSR count). The first kappa shape index (κ1) is 22.0. The predicted octanol–water partition coefficient (Wildman–Crippen LogP) is 4.77. The minimum absolute atomic E-state index is 0.0893. The second-order valence-corrected chi connectivity index (χ2v) is 9.65. The molecule has 1 aromatic heterocycles. The minimum atomic E-state index is -0.216. The number of carbonyl (C=O) groups is 1. The van der Waals surface area contributed by atoms with Crippen molar-refractivity contribution in [3.63, 3.8) is 0 Å². The average Bonchev–Trinajstić information content (AvgIpc) is 3.61. The summed E-state index contributed by atoms with van der Waals surface area (Å²) in [7, 11) is 0. The number of halogens is 1. The van der Waals surface area contributed by atoms with Gasteiger partial charge in [0.15, 0.2) is 0 Å². The van der Waals surface area contributed by atoms with Gasteiger partial charge in [-0.3, -0.25) is 4.79 Å². The quantitative estimate of drug-likeness (QED) is 0.571. The second-order valence-electron chi connectivity index (χ2n) is 9.65. The molecule has 2 N–H and O–H groups in total. The first-order valence-electron chi connectivity index (χ1n) is 12.0. The maximum atomic E-state index is 13.6. The van der Waals surface area contributed by atoms with Crippen LogP contribution in [-0.2, 0) is 13.1 Å². The largest absolute Gasteiger partial charge is 0.379 e. The molecule has 1 amide bonds.